The van der Waals surface area contributed by atoms with Crippen LogP contribution in [-0.2, 0) is 10.0 Å². The van der Waals surface area contributed by atoms with Gasteiger partial charge in [-0.05, 0) is 31.2 Å². The van der Waals surface area contributed by atoms with Gasteiger partial charge in [0.15, 0.2) is 5.17 Å². The molecular formula is C15H13Cl2FN2O2S. The minimum atomic E-state index is -3.89. The fraction of sp³-hybridized carbons (Fsp3) is 0.133. The van der Waals surface area contributed by atoms with Gasteiger partial charge in [0, 0.05) is 7.05 Å². The van der Waals surface area contributed by atoms with Crippen LogP contribution in [0.15, 0.2) is 52.5 Å². The molecule has 0 N–H and O–H groups in total. The first-order valence-electron chi connectivity index (χ1n) is 6.47. The maximum atomic E-state index is 13.8. The predicted octanol–water partition coefficient (Wildman–Crippen LogP) is 4.01. The van der Waals surface area contributed by atoms with Crippen molar-refractivity contribution in [1.29, 1.82) is 0 Å². The average molecular weight is 375 g/mol. The molecule has 2 aromatic carbocycles. The zero-order chi connectivity index (χ0) is 17.2. The lowest BCUT2D eigenvalue weighted by atomic mass is 10.2. The molecule has 0 saturated carbocycles. The predicted molar refractivity (Wildman–Crippen MR) is 89.9 cm³/mol. The molecule has 0 unspecified atom stereocenters. The number of hydrogen-bond donors (Lipinski definition) is 0. The maximum Gasteiger partial charge on any atom is 0.278 e. The van der Waals surface area contributed by atoms with Crippen LogP contribution in [0.25, 0.3) is 0 Å². The number of benzene rings is 2. The van der Waals surface area contributed by atoms with Crippen LogP contribution in [0.2, 0.25) is 5.02 Å². The summed E-state index contributed by atoms with van der Waals surface area (Å²) in [4.78, 5) is 0.0541. The van der Waals surface area contributed by atoms with Crippen molar-refractivity contribution in [3.8, 4) is 0 Å². The van der Waals surface area contributed by atoms with E-state index < -0.39 is 15.8 Å². The molecule has 0 radical (unpaired) electrons. The van der Waals surface area contributed by atoms with Crippen molar-refractivity contribution in [1.82, 2.24) is 4.41 Å². The molecule has 0 amide bonds. The Hall–Kier alpha value is -1.63. The molecule has 0 aliphatic carbocycles. The van der Waals surface area contributed by atoms with Gasteiger partial charge < -0.3 is 0 Å². The fourth-order valence-corrected chi connectivity index (χ4v) is 3.41. The Bertz CT molecular complexity index is 832. The molecule has 23 heavy (non-hydrogen) atoms. The second-order valence-corrected chi connectivity index (χ2v) is 7.46. The second kappa shape index (κ2) is 6.86. The largest absolute Gasteiger partial charge is 0.278 e. The Balaban J connectivity index is 2.40. The summed E-state index contributed by atoms with van der Waals surface area (Å²) in [7, 11) is -2.67. The van der Waals surface area contributed by atoms with Crippen LogP contribution in [0, 0.1) is 12.7 Å². The van der Waals surface area contributed by atoms with Gasteiger partial charge in [-0.25, -0.2) is 4.39 Å². The number of aryl methyl sites for hydroxylation is 1. The molecule has 0 heterocycles. The third-order valence-corrected chi connectivity index (χ3v) is 5.29. The van der Waals surface area contributed by atoms with E-state index in [9.17, 15) is 12.8 Å². The number of nitrogens with zero attached hydrogens (tertiary/aromatic N) is 2. The van der Waals surface area contributed by atoms with Crippen LogP contribution in [0.4, 0.5) is 4.39 Å². The van der Waals surface area contributed by atoms with E-state index in [1.165, 1.54) is 31.3 Å². The molecular weight excluding hydrogens is 362 g/mol. The summed E-state index contributed by atoms with van der Waals surface area (Å²) in [6, 6.07) is 10.3. The van der Waals surface area contributed by atoms with Crippen LogP contribution >= 0.6 is 23.2 Å². The molecule has 0 atom stereocenters. The van der Waals surface area contributed by atoms with Gasteiger partial charge in [-0.2, -0.15) is 12.8 Å². The highest BCUT2D eigenvalue weighted by Gasteiger charge is 2.21. The topological polar surface area (TPSA) is 49.7 Å². The van der Waals surface area contributed by atoms with Crippen LogP contribution in [-0.4, -0.2) is 25.1 Å². The summed E-state index contributed by atoms with van der Waals surface area (Å²) in [5.41, 5.74) is 0.771. The first-order chi connectivity index (χ1) is 10.7. The normalized spacial score (nSPS) is 12.3. The molecule has 122 valence electrons. The first kappa shape index (κ1) is 17.7. The van der Waals surface area contributed by atoms with Gasteiger partial charge >= 0.3 is 0 Å². The van der Waals surface area contributed by atoms with E-state index in [2.05, 4.69) is 5.10 Å². The van der Waals surface area contributed by atoms with Crippen molar-refractivity contribution in [2.24, 2.45) is 5.10 Å². The van der Waals surface area contributed by atoms with Crippen LogP contribution in [0.1, 0.15) is 11.1 Å². The van der Waals surface area contributed by atoms with Crippen molar-refractivity contribution in [3.63, 3.8) is 0 Å². The lowest BCUT2D eigenvalue weighted by Gasteiger charge is -2.15. The number of halogens is 3. The number of hydrazone groups is 1. The van der Waals surface area contributed by atoms with Gasteiger partial charge in [0.25, 0.3) is 10.0 Å². The van der Waals surface area contributed by atoms with E-state index in [1.807, 2.05) is 6.92 Å². The molecule has 0 saturated heterocycles. The summed E-state index contributed by atoms with van der Waals surface area (Å²) in [6.45, 7) is 1.84. The van der Waals surface area contributed by atoms with Crippen molar-refractivity contribution in [2.75, 3.05) is 7.05 Å². The summed E-state index contributed by atoms with van der Waals surface area (Å²) in [5, 5.41) is 3.43. The summed E-state index contributed by atoms with van der Waals surface area (Å²) < 4.78 is 39.3. The third-order valence-electron chi connectivity index (χ3n) is 3.06. The highest BCUT2D eigenvalue weighted by atomic mass is 35.5. The molecule has 2 aromatic rings. The molecule has 0 aliphatic rings. The van der Waals surface area contributed by atoms with Gasteiger partial charge in [0.2, 0.25) is 0 Å². The van der Waals surface area contributed by atoms with Gasteiger partial charge in [-0.1, -0.05) is 47.0 Å². The zero-order valence-electron chi connectivity index (χ0n) is 12.3. The van der Waals surface area contributed by atoms with E-state index >= 15 is 0 Å². The van der Waals surface area contributed by atoms with E-state index in [4.69, 9.17) is 23.2 Å². The Morgan fingerprint density at radius 2 is 1.78 bits per heavy atom. The van der Waals surface area contributed by atoms with Crippen molar-refractivity contribution < 1.29 is 12.8 Å². The van der Waals surface area contributed by atoms with Gasteiger partial charge in [0.1, 0.15) is 5.82 Å². The van der Waals surface area contributed by atoms with Gasteiger partial charge in [-0.15, -0.1) is 5.10 Å². The number of hydrogen-bond acceptors (Lipinski definition) is 3. The standard InChI is InChI=1S/C15H13Cl2FN2O2S/c1-10-6-8-11(9-7-10)23(21,22)20(2)19-15(17)14-12(16)4-3-5-13(14)18/h3-9H,1-2H3/b19-15-. The Kier molecular flexibility index (Phi) is 5.29. The average Bonchev–Trinajstić information content (AvgIpc) is 2.47. The van der Waals surface area contributed by atoms with Crippen LogP contribution < -0.4 is 0 Å². The monoisotopic (exact) mass is 374 g/mol. The molecule has 8 heteroatoms. The van der Waals surface area contributed by atoms with Gasteiger partial charge in [-0.3, -0.25) is 0 Å². The summed E-state index contributed by atoms with van der Waals surface area (Å²) in [6.07, 6.45) is 0. The molecule has 4 nitrogen and oxygen atoms in total. The molecule has 0 spiro atoms. The highest BCUT2D eigenvalue weighted by molar-refractivity contribution is 7.89. The van der Waals surface area contributed by atoms with E-state index in [0.717, 1.165) is 11.6 Å². The van der Waals surface area contributed by atoms with E-state index in [0.29, 0.717) is 4.41 Å². The number of rotatable bonds is 4. The zero-order valence-corrected chi connectivity index (χ0v) is 14.6. The molecule has 0 bridgehead atoms. The summed E-state index contributed by atoms with van der Waals surface area (Å²) >= 11 is 11.8. The minimum Gasteiger partial charge on any atom is -0.206 e. The van der Waals surface area contributed by atoms with E-state index in [1.54, 1.807) is 12.1 Å². The smallest absolute Gasteiger partial charge is 0.206 e. The van der Waals surface area contributed by atoms with Crippen LogP contribution in [0.3, 0.4) is 0 Å². The SMILES string of the molecule is Cc1ccc(S(=O)(=O)N(C)/N=C(\Cl)c2c(F)cccc2Cl)cc1. The lowest BCUT2D eigenvalue weighted by Crippen LogP contribution is -2.23. The maximum absolute atomic E-state index is 13.8. The van der Waals surface area contributed by atoms with Gasteiger partial charge in [0.05, 0.1) is 15.5 Å². The molecule has 0 fully saturated rings. The number of sulfonamides is 1. The molecule has 0 aliphatic heterocycles. The quantitative estimate of drug-likeness (QED) is 0.599. The molecule has 2 rings (SSSR count). The van der Waals surface area contributed by atoms with Crippen molar-refractivity contribution in [3.05, 3.63) is 64.4 Å². The Labute approximate surface area is 144 Å². The Morgan fingerprint density at radius 1 is 1.17 bits per heavy atom. The van der Waals surface area contributed by atoms with Crippen LogP contribution in [0.5, 0.6) is 0 Å². The summed E-state index contributed by atoms with van der Waals surface area (Å²) in [5.74, 6) is -0.688. The lowest BCUT2D eigenvalue weighted by molar-refractivity contribution is 0.490. The van der Waals surface area contributed by atoms with Crippen molar-refractivity contribution in [2.45, 2.75) is 11.8 Å². The first-order valence-corrected chi connectivity index (χ1v) is 8.67. The Morgan fingerprint density at radius 3 is 2.35 bits per heavy atom. The van der Waals surface area contributed by atoms with E-state index in [-0.39, 0.29) is 20.7 Å². The highest BCUT2D eigenvalue weighted by Crippen LogP contribution is 2.23. The fourth-order valence-electron chi connectivity index (χ4n) is 1.79. The van der Waals surface area contributed by atoms with Crippen molar-refractivity contribution >= 4 is 38.4 Å². The third kappa shape index (κ3) is 3.83. The molecule has 0 aromatic heterocycles. The minimum absolute atomic E-state index is 0.0416. The second-order valence-electron chi connectivity index (χ2n) is 4.74.